The Morgan fingerprint density at radius 1 is 1.05 bits per heavy atom. The second kappa shape index (κ2) is 6.06. The molecule has 0 aliphatic heterocycles. The molecular formula is C19H20N2. The fourth-order valence-corrected chi connectivity index (χ4v) is 2.87. The number of rotatable bonds is 4. The lowest BCUT2D eigenvalue weighted by atomic mass is 9.97. The first-order chi connectivity index (χ1) is 10.3. The maximum atomic E-state index is 4.26. The van der Waals surface area contributed by atoms with E-state index in [1.807, 2.05) is 19.4 Å². The topological polar surface area (TPSA) is 24.9 Å². The molecule has 1 aromatic heterocycles. The minimum Gasteiger partial charge on any atom is -0.313 e. The Labute approximate surface area is 125 Å². The number of aromatic nitrogens is 1. The monoisotopic (exact) mass is 276 g/mol. The van der Waals surface area contributed by atoms with Gasteiger partial charge >= 0.3 is 0 Å². The van der Waals surface area contributed by atoms with Crippen LogP contribution in [0.2, 0.25) is 0 Å². The van der Waals surface area contributed by atoms with Crippen LogP contribution in [0.15, 0.2) is 60.9 Å². The summed E-state index contributed by atoms with van der Waals surface area (Å²) in [5, 5.41) is 5.78. The first-order valence-electron chi connectivity index (χ1n) is 7.44. The quantitative estimate of drug-likeness (QED) is 0.755. The van der Waals surface area contributed by atoms with Gasteiger partial charge in [0.05, 0.1) is 0 Å². The molecule has 0 saturated carbocycles. The Morgan fingerprint density at radius 2 is 1.86 bits per heavy atom. The number of nitrogens with zero attached hydrogens (tertiary/aromatic N) is 1. The molecule has 3 aromatic rings. The molecule has 0 bridgehead atoms. The number of pyridine rings is 1. The van der Waals surface area contributed by atoms with Gasteiger partial charge in [0.25, 0.3) is 0 Å². The minimum atomic E-state index is 0.424. The Hall–Kier alpha value is -2.19. The summed E-state index contributed by atoms with van der Waals surface area (Å²) >= 11 is 0. The van der Waals surface area contributed by atoms with Crippen molar-refractivity contribution in [2.45, 2.75) is 19.4 Å². The molecule has 0 aliphatic rings. The molecule has 0 amide bonds. The normalized spacial score (nSPS) is 12.5. The highest BCUT2D eigenvalue weighted by atomic mass is 14.9. The van der Waals surface area contributed by atoms with Gasteiger partial charge in [-0.15, -0.1) is 0 Å². The molecule has 1 heterocycles. The second-order valence-corrected chi connectivity index (χ2v) is 5.27. The van der Waals surface area contributed by atoms with Gasteiger partial charge in [-0.1, -0.05) is 49.4 Å². The molecule has 2 heteroatoms. The SMILES string of the molecule is CCC(NC)c1ccc(-c2cccc3ccncc23)cc1. The second-order valence-electron chi connectivity index (χ2n) is 5.27. The molecule has 0 aliphatic carbocycles. The van der Waals surface area contributed by atoms with Crippen LogP contribution >= 0.6 is 0 Å². The standard InChI is InChI=1S/C19H20N2/c1-3-19(20-2)16-9-7-15(8-10-16)17-6-4-5-14-11-12-21-13-18(14)17/h4-13,19-20H,3H2,1-2H3. The van der Waals surface area contributed by atoms with Gasteiger partial charge in [-0.3, -0.25) is 4.98 Å². The van der Waals surface area contributed by atoms with Crippen LogP contribution in [-0.2, 0) is 0 Å². The van der Waals surface area contributed by atoms with Crippen molar-refractivity contribution >= 4 is 10.8 Å². The summed E-state index contributed by atoms with van der Waals surface area (Å²) < 4.78 is 0. The smallest absolute Gasteiger partial charge is 0.0352 e. The van der Waals surface area contributed by atoms with Crippen LogP contribution < -0.4 is 5.32 Å². The minimum absolute atomic E-state index is 0.424. The van der Waals surface area contributed by atoms with Crippen molar-refractivity contribution in [1.82, 2.24) is 10.3 Å². The predicted octanol–water partition coefficient (Wildman–Crippen LogP) is 4.57. The van der Waals surface area contributed by atoms with E-state index >= 15 is 0 Å². The number of fused-ring (bicyclic) bond motifs is 1. The van der Waals surface area contributed by atoms with Crippen molar-refractivity contribution in [3.63, 3.8) is 0 Å². The highest BCUT2D eigenvalue weighted by Gasteiger charge is 2.08. The summed E-state index contributed by atoms with van der Waals surface area (Å²) in [6, 6.07) is 17.7. The summed E-state index contributed by atoms with van der Waals surface area (Å²) in [5.74, 6) is 0. The first-order valence-corrected chi connectivity index (χ1v) is 7.44. The molecule has 0 radical (unpaired) electrons. The molecule has 0 saturated heterocycles. The van der Waals surface area contributed by atoms with Crippen LogP contribution in [0.1, 0.15) is 24.9 Å². The zero-order chi connectivity index (χ0) is 14.7. The van der Waals surface area contributed by atoms with Gasteiger partial charge in [-0.25, -0.2) is 0 Å². The first kappa shape index (κ1) is 13.8. The molecule has 1 N–H and O–H groups in total. The summed E-state index contributed by atoms with van der Waals surface area (Å²) in [7, 11) is 2.01. The molecule has 106 valence electrons. The van der Waals surface area contributed by atoms with Crippen molar-refractivity contribution in [2.75, 3.05) is 7.05 Å². The third kappa shape index (κ3) is 2.67. The number of nitrogens with one attached hydrogen (secondary N) is 1. The van der Waals surface area contributed by atoms with Crippen molar-refractivity contribution < 1.29 is 0 Å². The van der Waals surface area contributed by atoms with Crippen LogP contribution in [-0.4, -0.2) is 12.0 Å². The molecule has 2 nitrogen and oxygen atoms in total. The average molecular weight is 276 g/mol. The van der Waals surface area contributed by atoms with Crippen LogP contribution in [0.3, 0.4) is 0 Å². The summed E-state index contributed by atoms with van der Waals surface area (Å²) in [6.07, 6.45) is 4.88. The van der Waals surface area contributed by atoms with Crippen molar-refractivity contribution in [1.29, 1.82) is 0 Å². The molecule has 0 fully saturated rings. The van der Waals surface area contributed by atoms with Crippen LogP contribution in [0.5, 0.6) is 0 Å². The number of hydrogen-bond acceptors (Lipinski definition) is 2. The maximum Gasteiger partial charge on any atom is 0.0352 e. The van der Waals surface area contributed by atoms with Crippen LogP contribution in [0.4, 0.5) is 0 Å². The summed E-state index contributed by atoms with van der Waals surface area (Å²) in [6.45, 7) is 2.20. The Balaban J connectivity index is 2.03. The number of benzene rings is 2. The molecule has 0 spiro atoms. The Kier molecular flexibility index (Phi) is 3.98. The summed E-state index contributed by atoms with van der Waals surface area (Å²) in [4.78, 5) is 4.26. The fraction of sp³-hybridized carbons (Fsp3) is 0.211. The van der Waals surface area contributed by atoms with Gasteiger partial charge in [0.1, 0.15) is 0 Å². The predicted molar refractivity (Wildman–Crippen MR) is 89.3 cm³/mol. The van der Waals surface area contributed by atoms with E-state index in [0.717, 1.165) is 6.42 Å². The zero-order valence-corrected chi connectivity index (χ0v) is 12.5. The maximum absolute atomic E-state index is 4.26. The van der Waals surface area contributed by atoms with Crippen molar-refractivity contribution in [3.05, 3.63) is 66.5 Å². The van der Waals surface area contributed by atoms with E-state index < -0.39 is 0 Å². The van der Waals surface area contributed by atoms with Gasteiger partial charge in [-0.2, -0.15) is 0 Å². The van der Waals surface area contributed by atoms with Gasteiger partial charge in [0.2, 0.25) is 0 Å². The third-order valence-electron chi connectivity index (χ3n) is 4.06. The molecular weight excluding hydrogens is 256 g/mol. The van der Waals surface area contributed by atoms with E-state index in [1.165, 1.54) is 27.5 Å². The Bertz CT molecular complexity index is 723. The highest BCUT2D eigenvalue weighted by Crippen LogP contribution is 2.29. The largest absolute Gasteiger partial charge is 0.313 e. The van der Waals surface area contributed by atoms with E-state index in [-0.39, 0.29) is 0 Å². The fourth-order valence-electron chi connectivity index (χ4n) is 2.87. The molecule has 2 aromatic carbocycles. The lowest BCUT2D eigenvalue weighted by molar-refractivity contribution is 0.577. The highest BCUT2D eigenvalue weighted by molar-refractivity contribution is 5.95. The molecule has 3 rings (SSSR count). The van der Waals surface area contributed by atoms with E-state index in [9.17, 15) is 0 Å². The molecule has 1 unspecified atom stereocenters. The van der Waals surface area contributed by atoms with Gasteiger partial charge in [0, 0.05) is 23.8 Å². The lowest BCUT2D eigenvalue weighted by Gasteiger charge is -2.15. The molecule has 1 atom stereocenters. The molecule has 21 heavy (non-hydrogen) atoms. The van der Waals surface area contributed by atoms with Gasteiger partial charge < -0.3 is 5.32 Å². The van der Waals surface area contributed by atoms with Gasteiger partial charge in [0.15, 0.2) is 0 Å². The number of hydrogen-bond donors (Lipinski definition) is 1. The van der Waals surface area contributed by atoms with Crippen molar-refractivity contribution in [2.24, 2.45) is 0 Å². The van der Waals surface area contributed by atoms with E-state index in [0.29, 0.717) is 6.04 Å². The van der Waals surface area contributed by atoms with E-state index in [4.69, 9.17) is 0 Å². The van der Waals surface area contributed by atoms with Crippen LogP contribution in [0, 0.1) is 0 Å². The van der Waals surface area contributed by atoms with Gasteiger partial charge in [-0.05, 0) is 41.6 Å². The lowest BCUT2D eigenvalue weighted by Crippen LogP contribution is -2.14. The zero-order valence-electron chi connectivity index (χ0n) is 12.5. The summed E-state index contributed by atoms with van der Waals surface area (Å²) in [5.41, 5.74) is 3.81. The van der Waals surface area contributed by atoms with Crippen molar-refractivity contribution in [3.8, 4) is 11.1 Å². The van der Waals surface area contributed by atoms with E-state index in [1.54, 1.807) is 0 Å². The third-order valence-corrected chi connectivity index (χ3v) is 4.06. The Morgan fingerprint density at radius 3 is 2.57 bits per heavy atom. The van der Waals surface area contributed by atoms with Crippen LogP contribution in [0.25, 0.3) is 21.9 Å². The van der Waals surface area contributed by atoms with E-state index in [2.05, 4.69) is 65.8 Å². The average Bonchev–Trinajstić information content (AvgIpc) is 2.56.